The molecule has 54 valence electrons. The zero-order chi connectivity index (χ0) is 6.69. The monoisotopic (exact) mass is 129 g/mol. The van der Waals surface area contributed by atoms with E-state index >= 15 is 0 Å². The molecular formula is C6H15N3. The highest BCUT2D eigenvalue weighted by atomic mass is 15.2. The molecule has 9 heavy (non-hydrogen) atoms. The van der Waals surface area contributed by atoms with Gasteiger partial charge in [-0.25, -0.2) is 0 Å². The van der Waals surface area contributed by atoms with Gasteiger partial charge in [-0.2, -0.15) is 0 Å². The van der Waals surface area contributed by atoms with Crippen LogP contribution >= 0.6 is 0 Å². The molecule has 0 unspecified atom stereocenters. The van der Waals surface area contributed by atoms with Gasteiger partial charge in [0.1, 0.15) is 0 Å². The first-order valence-electron chi connectivity index (χ1n) is 3.51. The third-order valence-electron chi connectivity index (χ3n) is 1.75. The van der Waals surface area contributed by atoms with Crippen LogP contribution in [0, 0.1) is 0 Å². The van der Waals surface area contributed by atoms with Crippen molar-refractivity contribution in [3.05, 3.63) is 0 Å². The summed E-state index contributed by atoms with van der Waals surface area (Å²) in [6, 6.07) is 0.400. The van der Waals surface area contributed by atoms with Gasteiger partial charge >= 0.3 is 0 Å². The second kappa shape index (κ2) is 3.15. The van der Waals surface area contributed by atoms with Crippen molar-refractivity contribution in [3.8, 4) is 0 Å². The second-order valence-electron chi connectivity index (χ2n) is 2.64. The lowest BCUT2D eigenvalue weighted by molar-refractivity contribution is 0.344. The Morgan fingerprint density at radius 2 is 2.33 bits per heavy atom. The Balaban J connectivity index is 2.14. The van der Waals surface area contributed by atoms with Crippen LogP contribution in [-0.4, -0.2) is 37.1 Å². The van der Waals surface area contributed by atoms with Crippen LogP contribution in [0.4, 0.5) is 0 Å². The molecule has 1 aliphatic rings. The predicted octanol–water partition coefficient (Wildman–Crippen LogP) is -1.02. The summed E-state index contributed by atoms with van der Waals surface area (Å²) < 4.78 is 0. The molecule has 3 heteroatoms. The molecule has 0 spiro atoms. The molecule has 0 radical (unpaired) electrons. The van der Waals surface area contributed by atoms with Crippen molar-refractivity contribution in [2.24, 2.45) is 11.5 Å². The number of hydrogen-bond donors (Lipinski definition) is 2. The van der Waals surface area contributed by atoms with Gasteiger partial charge in [-0.15, -0.1) is 0 Å². The Kier molecular flexibility index (Phi) is 2.45. The molecule has 1 rings (SSSR count). The summed E-state index contributed by atoms with van der Waals surface area (Å²) in [5.74, 6) is 0. The minimum Gasteiger partial charge on any atom is -0.329 e. The summed E-state index contributed by atoms with van der Waals surface area (Å²) in [6.45, 7) is 3.94. The van der Waals surface area contributed by atoms with Crippen molar-refractivity contribution < 1.29 is 0 Å². The van der Waals surface area contributed by atoms with Crippen LogP contribution in [0.15, 0.2) is 0 Å². The number of rotatable bonds is 2. The van der Waals surface area contributed by atoms with Crippen LogP contribution in [0.5, 0.6) is 0 Å². The third kappa shape index (κ3) is 1.93. The molecule has 1 saturated heterocycles. The van der Waals surface area contributed by atoms with E-state index in [0.717, 1.165) is 32.6 Å². The first kappa shape index (κ1) is 6.99. The Morgan fingerprint density at radius 1 is 1.56 bits per heavy atom. The molecule has 0 amide bonds. The van der Waals surface area contributed by atoms with Crippen LogP contribution in [-0.2, 0) is 0 Å². The highest BCUT2D eigenvalue weighted by Crippen LogP contribution is 2.04. The van der Waals surface area contributed by atoms with E-state index in [-0.39, 0.29) is 0 Å². The standard InChI is InChI=1S/C6H15N3/c7-2-4-9-3-1-6(8)5-9/h6H,1-5,7-8H2/t6-/m0/s1. The molecule has 3 nitrogen and oxygen atoms in total. The van der Waals surface area contributed by atoms with E-state index in [9.17, 15) is 0 Å². The van der Waals surface area contributed by atoms with Gasteiger partial charge in [0, 0.05) is 25.7 Å². The van der Waals surface area contributed by atoms with Crippen molar-refractivity contribution in [2.75, 3.05) is 26.2 Å². The summed E-state index contributed by atoms with van der Waals surface area (Å²) in [4.78, 5) is 2.31. The van der Waals surface area contributed by atoms with E-state index < -0.39 is 0 Å². The van der Waals surface area contributed by atoms with E-state index in [1.807, 2.05) is 0 Å². The molecule has 1 fully saturated rings. The fourth-order valence-electron chi connectivity index (χ4n) is 1.25. The largest absolute Gasteiger partial charge is 0.329 e. The molecular weight excluding hydrogens is 114 g/mol. The van der Waals surface area contributed by atoms with Crippen LogP contribution in [0.2, 0.25) is 0 Å². The minimum atomic E-state index is 0.400. The van der Waals surface area contributed by atoms with Gasteiger partial charge in [0.05, 0.1) is 0 Å². The Bertz CT molecular complexity index is 82.4. The zero-order valence-electron chi connectivity index (χ0n) is 5.71. The summed E-state index contributed by atoms with van der Waals surface area (Å²) in [5.41, 5.74) is 11.0. The van der Waals surface area contributed by atoms with E-state index in [1.54, 1.807) is 0 Å². The molecule has 0 aliphatic carbocycles. The molecule has 0 aromatic rings. The number of likely N-dealkylation sites (tertiary alicyclic amines) is 1. The molecule has 0 saturated carbocycles. The SMILES string of the molecule is NCCN1CC[C@H](N)C1. The lowest BCUT2D eigenvalue weighted by atomic mass is 10.3. The minimum absolute atomic E-state index is 0.400. The third-order valence-corrected chi connectivity index (χ3v) is 1.75. The summed E-state index contributed by atoms with van der Waals surface area (Å²) in [5, 5.41) is 0. The van der Waals surface area contributed by atoms with Gasteiger partial charge in [-0.05, 0) is 13.0 Å². The molecule has 1 heterocycles. The van der Waals surface area contributed by atoms with Crippen molar-refractivity contribution in [3.63, 3.8) is 0 Å². The van der Waals surface area contributed by atoms with Gasteiger partial charge in [0.2, 0.25) is 0 Å². The lowest BCUT2D eigenvalue weighted by Gasteiger charge is -2.12. The first-order valence-corrected chi connectivity index (χ1v) is 3.51. The topological polar surface area (TPSA) is 55.3 Å². The fraction of sp³-hybridized carbons (Fsp3) is 1.00. The lowest BCUT2D eigenvalue weighted by Crippen LogP contribution is -2.30. The smallest absolute Gasteiger partial charge is 0.0180 e. The Morgan fingerprint density at radius 3 is 2.78 bits per heavy atom. The van der Waals surface area contributed by atoms with Crippen molar-refractivity contribution in [1.29, 1.82) is 0 Å². The van der Waals surface area contributed by atoms with Crippen LogP contribution in [0.3, 0.4) is 0 Å². The van der Waals surface area contributed by atoms with E-state index in [1.165, 1.54) is 0 Å². The summed E-state index contributed by atoms with van der Waals surface area (Å²) in [7, 11) is 0. The summed E-state index contributed by atoms with van der Waals surface area (Å²) in [6.07, 6.45) is 1.14. The Labute approximate surface area is 56.0 Å². The van der Waals surface area contributed by atoms with Crippen LogP contribution in [0.25, 0.3) is 0 Å². The summed E-state index contributed by atoms with van der Waals surface area (Å²) >= 11 is 0. The number of nitrogens with zero attached hydrogens (tertiary/aromatic N) is 1. The quantitative estimate of drug-likeness (QED) is 0.501. The zero-order valence-corrected chi connectivity index (χ0v) is 5.71. The molecule has 4 N–H and O–H groups in total. The van der Waals surface area contributed by atoms with Gasteiger partial charge in [0.25, 0.3) is 0 Å². The fourth-order valence-corrected chi connectivity index (χ4v) is 1.25. The molecule has 1 aliphatic heterocycles. The first-order chi connectivity index (χ1) is 4.33. The Hall–Kier alpha value is -0.120. The maximum absolute atomic E-state index is 5.67. The van der Waals surface area contributed by atoms with Crippen molar-refractivity contribution >= 4 is 0 Å². The van der Waals surface area contributed by atoms with Gasteiger partial charge in [-0.1, -0.05) is 0 Å². The van der Waals surface area contributed by atoms with Gasteiger partial charge in [-0.3, -0.25) is 0 Å². The predicted molar refractivity (Wildman–Crippen MR) is 38.1 cm³/mol. The average Bonchev–Trinajstić information content (AvgIpc) is 2.17. The second-order valence-corrected chi connectivity index (χ2v) is 2.64. The van der Waals surface area contributed by atoms with Crippen LogP contribution in [0.1, 0.15) is 6.42 Å². The van der Waals surface area contributed by atoms with Gasteiger partial charge in [0.15, 0.2) is 0 Å². The molecule has 0 bridgehead atoms. The number of nitrogens with two attached hydrogens (primary N) is 2. The maximum Gasteiger partial charge on any atom is 0.0180 e. The van der Waals surface area contributed by atoms with Crippen LogP contribution < -0.4 is 11.5 Å². The molecule has 1 atom stereocenters. The molecule has 0 aromatic heterocycles. The van der Waals surface area contributed by atoms with E-state index in [0.29, 0.717) is 6.04 Å². The van der Waals surface area contributed by atoms with E-state index in [2.05, 4.69) is 4.90 Å². The van der Waals surface area contributed by atoms with Crippen molar-refractivity contribution in [1.82, 2.24) is 4.90 Å². The van der Waals surface area contributed by atoms with Crippen molar-refractivity contribution in [2.45, 2.75) is 12.5 Å². The van der Waals surface area contributed by atoms with E-state index in [4.69, 9.17) is 11.5 Å². The molecule has 0 aromatic carbocycles. The highest BCUT2D eigenvalue weighted by Gasteiger charge is 2.17. The average molecular weight is 129 g/mol. The highest BCUT2D eigenvalue weighted by molar-refractivity contribution is 4.77. The van der Waals surface area contributed by atoms with Gasteiger partial charge < -0.3 is 16.4 Å². The normalized spacial score (nSPS) is 29.3. The number of hydrogen-bond acceptors (Lipinski definition) is 3. The maximum atomic E-state index is 5.67.